The van der Waals surface area contributed by atoms with Crippen molar-refractivity contribution in [1.29, 1.82) is 0 Å². The molecule has 0 unspecified atom stereocenters. The normalized spacial score (nSPS) is 11.2. The van der Waals surface area contributed by atoms with Gasteiger partial charge >= 0.3 is 0 Å². The third kappa shape index (κ3) is 5.18. The van der Waals surface area contributed by atoms with Crippen molar-refractivity contribution in [2.45, 2.75) is 6.42 Å². The number of nitrogens with two attached hydrogens (primary N) is 1. The number of nitrogens with zero attached hydrogens (tertiary/aromatic N) is 1. The maximum Gasteiger partial charge on any atom is 0.226 e. The minimum absolute atomic E-state index is 0.0169. The molecule has 0 aliphatic rings. The first-order valence-electron chi connectivity index (χ1n) is 5.54. The standard InChI is InChI=1S/C12H18N2O3S/c1-14(7-8-18(2,16)17)12(15)9-10-3-5-11(13)6-4-10/h3-6H,7-9,13H2,1-2H3. The molecule has 5 nitrogen and oxygen atoms in total. The molecule has 0 spiro atoms. The lowest BCUT2D eigenvalue weighted by molar-refractivity contribution is -0.128. The zero-order valence-corrected chi connectivity index (χ0v) is 11.4. The first-order valence-corrected chi connectivity index (χ1v) is 7.60. The van der Waals surface area contributed by atoms with E-state index in [9.17, 15) is 13.2 Å². The highest BCUT2D eigenvalue weighted by molar-refractivity contribution is 7.90. The smallest absolute Gasteiger partial charge is 0.226 e. The molecule has 0 aliphatic carbocycles. The number of carbonyl (C=O) groups is 1. The Balaban J connectivity index is 2.52. The fourth-order valence-electron chi connectivity index (χ4n) is 1.37. The number of benzene rings is 1. The van der Waals surface area contributed by atoms with Crippen LogP contribution in [0.1, 0.15) is 5.56 Å². The number of sulfone groups is 1. The van der Waals surface area contributed by atoms with Crippen molar-refractivity contribution < 1.29 is 13.2 Å². The van der Waals surface area contributed by atoms with Crippen LogP contribution in [-0.2, 0) is 21.1 Å². The van der Waals surface area contributed by atoms with E-state index in [2.05, 4.69) is 0 Å². The highest BCUT2D eigenvalue weighted by atomic mass is 32.2. The quantitative estimate of drug-likeness (QED) is 0.781. The van der Waals surface area contributed by atoms with Gasteiger partial charge in [-0.2, -0.15) is 0 Å². The molecule has 100 valence electrons. The molecule has 2 N–H and O–H groups in total. The molecule has 1 aromatic rings. The molecule has 1 aromatic carbocycles. The van der Waals surface area contributed by atoms with E-state index < -0.39 is 9.84 Å². The Hall–Kier alpha value is -1.56. The van der Waals surface area contributed by atoms with E-state index in [0.717, 1.165) is 11.8 Å². The maximum atomic E-state index is 11.8. The summed E-state index contributed by atoms with van der Waals surface area (Å²) < 4.78 is 22.0. The Labute approximate surface area is 108 Å². The summed E-state index contributed by atoms with van der Waals surface area (Å²) in [5, 5.41) is 0. The summed E-state index contributed by atoms with van der Waals surface area (Å²) in [7, 11) is -1.44. The Kier molecular flexibility index (Phi) is 4.72. The fraction of sp³-hybridized carbons (Fsp3) is 0.417. The van der Waals surface area contributed by atoms with Gasteiger partial charge in [0.05, 0.1) is 12.2 Å². The van der Waals surface area contributed by atoms with Crippen LogP contribution in [0, 0.1) is 0 Å². The number of anilines is 1. The van der Waals surface area contributed by atoms with Gasteiger partial charge in [0, 0.05) is 25.5 Å². The minimum Gasteiger partial charge on any atom is -0.399 e. The number of hydrogen-bond acceptors (Lipinski definition) is 4. The second kappa shape index (κ2) is 5.86. The largest absolute Gasteiger partial charge is 0.399 e. The molecule has 1 rings (SSSR count). The molecule has 1 amide bonds. The van der Waals surface area contributed by atoms with Crippen molar-refractivity contribution in [3.63, 3.8) is 0 Å². The van der Waals surface area contributed by atoms with Crippen LogP contribution in [0.3, 0.4) is 0 Å². The SMILES string of the molecule is CN(CCS(C)(=O)=O)C(=O)Cc1ccc(N)cc1. The van der Waals surface area contributed by atoms with Crippen molar-refractivity contribution in [3.8, 4) is 0 Å². The van der Waals surface area contributed by atoms with E-state index >= 15 is 0 Å². The second-order valence-corrected chi connectivity index (χ2v) is 6.62. The summed E-state index contributed by atoms with van der Waals surface area (Å²) in [5.74, 6) is -0.125. The van der Waals surface area contributed by atoms with Crippen molar-refractivity contribution in [2.75, 3.05) is 31.3 Å². The molecule has 6 heteroatoms. The van der Waals surface area contributed by atoms with Gasteiger partial charge in [0.15, 0.2) is 0 Å². The molecule has 0 saturated heterocycles. The van der Waals surface area contributed by atoms with Gasteiger partial charge in [-0.05, 0) is 17.7 Å². The van der Waals surface area contributed by atoms with Crippen molar-refractivity contribution in [3.05, 3.63) is 29.8 Å². The van der Waals surface area contributed by atoms with Crippen molar-refractivity contribution in [2.24, 2.45) is 0 Å². The lowest BCUT2D eigenvalue weighted by atomic mass is 10.1. The number of rotatable bonds is 5. The van der Waals surface area contributed by atoms with Crippen LogP contribution in [0.4, 0.5) is 5.69 Å². The van der Waals surface area contributed by atoms with Gasteiger partial charge in [-0.3, -0.25) is 4.79 Å². The number of amides is 1. The van der Waals surface area contributed by atoms with Crippen LogP contribution < -0.4 is 5.73 Å². The molecule has 0 atom stereocenters. The Bertz CT molecular complexity index is 509. The van der Waals surface area contributed by atoms with Gasteiger partial charge < -0.3 is 10.6 Å². The maximum absolute atomic E-state index is 11.8. The monoisotopic (exact) mass is 270 g/mol. The average molecular weight is 270 g/mol. The predicted octanol–water partition coefficient (Wildman–Crippen LogP) is 0.314. The van der Waals surface area contributed by atoms with Gasteiger partial charge in [-0.1, -0.05) is 12.1 Å². The van der Waals surface area contributed by atoms with E-state index in [0.29, 0.717) is 5.69 Å². The summed E-state index contributed by atoms with van der Waals surface area (Å²) >= 11 is 0. The number of likely N-dealkylation sites (N-methyl/N-ethyl adjacent to an activating group) is 1. The van der Waals surface area contributed by atoms with Gasteiger partial charge in [-0.25, -0.2) is 8.42 Å². The molecule has 0 aliphatic heterocycles. The van der Waals surface area contributed by atoms with Gasteiger partial charge in [-0.15, -0.1) is 0 Å². The van der Waals surface area contributed by atoms with Gasteiger partial charge in [0.1, 0.15) is 9.84 Å². The number of carbonyl (C=O) groups excluding carboxylic acids is 1. The van der Waals surface area contributed by atoms with Crippen molar-refractivity contribution in [1.82, 2.24) is 4.90 Å². The minimum atomic E-state index is -3.04. The summed E-state index contributed by atoms with van der Waals surface area (Å²) in [6.07, 6.45) is 1.41. The first kappa shape index (κ1) is 14.5. The van der Waals surface area contributed by atoms with E-state index in [1.807, 2.05) is 0 Å². The van der Waals surface area contributed by atoms with Gasteiger partial charge in [0.2, 0.25) is 5.91 Å². The predicted molar refractivity (Wildman–Crippen MR) is 71.9 cm³/mol. The average Bonchev–Trinajstić information content (AvgIpc) is 2.28. The Morgan fingerprint density at radius 3 is 2.33 bits per heavy atom. The summed E-state index contributed by atoms with van der Waals surface area (Å²) in [4.78, 5) is 13.2. The van der Waals surface area contributed by atoms with E-state index in [1.165, 1.54) is 4.90 Å². The van der Waals surface area contributed by atoms with E-state index in [-0.39, 0.29) is 24.6 Å². The zero-order chi connectivity index (χ0) is 13.8. The Morgan fingerprint density at radius 2 is 1.83 bits per heavy atom. The Morgan fingerprint density at radius 1 is 1.28 bits per heavy atom. The van der Waals surface area contributed by atoms with Gasteiger partial charge in [0.25, 0.3) is 0 Å². The molecule has 0 heterocycles. The van der Waals surface area contributed by atoms with Crippen LogP contribution in [0.15, 0.2) is 24.3 Å². The molecule has 0 radical (unpaired) electrons. The molecule has 0 aromatic heterocycles. The highest BCUT2D eigenvalue weighted by Gasteiger charge is 2.12. The molecule has 18 heavy (non-hydrogen) atoms. The lowest BCUT2D eigenvalue weighted by Gasteiger charge is -2.16. The molecular formula is C12H18N2O3S. The molecule has 0 bridgehead atoms. The van der Waals surface area contributed by atoms with E-state index in [4.69, 9.17) is 5.73 Å². The third-order valence-electron chi connectivity index (χ3n) is 2.56. The number of hydrogen-bond donors (Lipinski definition) is 1. The van der Waals surface area contributed by atoms with Crippen LogP contribution in [0.5, 0.6) is 0 Å². The van der Waals surface area contributed by atoms with Crippen LogP contribution in [0.25, 0.3) is 0 Å². The second-order valence-electron chi connectivity index (χ2n) is 4.36. The zero-order valence-electron chi connectivity index (χ0n) is 10.6. The topological polar surface area (TPSA) is 80.5 Å². The lowest BCUT2D eigenvalue weighted by Crippen LogP contribution is -2.32. The van der Waals surface area contributed by atoms with Crippen LogP contribution >= 0.6 is 0 Å². The summed E-state index contributed by atoms with van der Waals surface area (Å²) in [6.45, 7) is 0.215. The van der Waals surface area contributed by atoms with Crippen LogP contribution in [-0.4, -0.2) is 44.8 Å². The van der Waals surface area contributed by atoms with E-state index in [1.54, 1.807) is 31.3 Å². The third-order valence-corrected chi connectivity index (χ3v) is 3.48. The fourth-order valence-corrected chi connectivity index (χ4v) is 1.98. The summed E-state index contributed by atoms with van der Waals surface area (Å²) in [6, 6.07) is 7.05. The van der Waals surface area contributed by atoms with Crippen molar-refractivity contribution >= 4 is 21.4 Å². The first-order chi connectivity index (χ1) is 8.28. The molecular weight excluding hydrogens is 252 g/mol. The van der Waals surface area contributed by atoms with Crippen LogP contribution in [0.2, 0.25) is 0 Å². The number of nitrogen functional groups attached to an aromatic ring is 1. The highest BCUT2D eigenvalue weighted by Crippen LogP contribution is 2.07. The molecule has 0 saturated carbocycles. The molecule has 0 fully saturated rings. The summed E-state index contributed by atoms with van der Waals surface area (Å²) in [5.41, 5.74) is 7.06.